The molecule has 1 aromatic carbocycles. The first-order chi connectivity index (χ1) is 14.4. The summed E-state index contributed by atoms with van der Waals surface area (Å²) in [5.74, 6) is 1.32. The van der Waals surface area contributed by atoms with Gasteiger partial charge in [-0.3, -0.25) is 14.9 Å². The molecule has 30 heavy (non-hydrogen) atoms. The Balaban J connectivity index is 1.39. The van der Waals surface area contributed by atoms with Crippen LogP contribution in [0.15, 0.2) is 24.3 Å². The fourth-order valence-electron chi connectivity index (χ4n) is 4.63. The molecule has 2 saturated heterocycles. The van der Waals surface area contributed by atoms with Crippen LogP contribution in [-0.4, -0.2) is 54.1 Å². The van der Waals surface area contributed by atoms with E-state index in [1.165, 1.54) is 0 Å². The number of nitrogens with one attached hydrogen (secondary N) is 2. The van der Waals surface area contributed by atoms with E-state index in [-0.39, 0.29) is 24.3 Å². The van der Waals surface area contributed by atoms with Gasteiger partial charge in [0.1, 0.15) is 12.1 Å². The van der Waals surface area contributed by atoms with Crippen molar-refractivity contribution in [3.05, 3.63) is 24.3 Å². The highest BCUT2D eigenvalue weighted by molar-refractivity contribution is 6.07. The number of carbonyl (C=O) groups is 3. The highest BCUT2D eigenvalue weighted by Crippen LogP contribution is 2.36. The van der Waals surface area contributed by atoms with Gasteiger partial charge >= 0.3 is 6.03 Å². The Morgan fingerprint density at radius 3 is 2.53 bits per heavy atom. The molecule has 2 fully saturated rings. The summed E-state index contributed by atoms with van der Waals surface area (Å²) in [6.07, 6.45) is 2.10. The average molecular weight is 415 g/mol. The molecule has 0 bridgehead atoms. The minimum absolute atomic E-state index is 0.00370. The third-order valence-electron chi connectivity index (χ3n) is 6.37. The summed E-state index contributed by atoms with van der Waals surface area (Å²) in [6, 6.07) is 6.90. The van der Waals surface area contributed by atoms with Gasteiger partial charge in [0.15, 0.2) is 11.5 Å². The molecule has 1 aromatic rings. The van der Waals surface area contributed by atoms with E-state index in [2.05, 4.69) is 24.5 Å². The summed E-state index contributed by atoms with van der Waals surface area (Å²) in [7, 11) is 0. The van der Waals surface area contributed by atoms with Crippen LogP contribution in [0.1, 0.15) is 39.5 Å². The van der Waals surface area contributed by atoms with E-state index in [4.69, 9.17) is 9.47 Å². The Hall–Kier alpha value is -2.77. The zero-order valence-corrected chi connectivity index (χ0v) is 17.5. The van der Waals surface area contributed by atoms with Gasteiger partial charge in [-0.2, -0.15) is 0 Å². The monoisotopic (exact) mass is 415 g/mol. The smallest absolute Gasteiger partial charge is 0.322 e. The van der Waals surface area contributed by atoms with E-state index >= 15 is 0 Å². The molecule has 8 nitrogen and oxygen atoms in total. The predicted molar refractivity (Wildman–Crippen MR) is 109 cm³/mol. The average Bonchev–Trinajstić information content (AvgIpc) is 3.05. The maximum Gasteiger partial charge on any atom is 0.322 e. The van der Waals surface area contributed by atoms with Gasteiger partial charge in [0.05, 0.1) is 0 Å². The number of amides is 4. The van der Waals surface area contributed by atoms with Crippen molar-refractivity contribution < 1.29 is 23.9 Å². The first-order valence-electron chi connectivity index (χ1n) is 10.7. The van der Waals surface area contributed by atoms with E-state index in [9.17, 15) is 14.4 Å². The lowest BCUT2D eigenvalue weighted by molar-refractivity contribution is -0.143. The molecule has 162 valence electrons. The van der Waals surface area contributed by atoms with Gasteiger partial charge in [-0.15, -0.1) is 0 Å². The molecule has 3 heterocycles. The number of likely N-dealkylation sites (tertiary alicyclic amines) is 1. The van der Waals surface area contributed by atoms with Gasteiger partial charge in [0.2, 0.25) is 6.10 Å². The number of hydrogen-bond donors (Lipinski definition) is 2. The van der Waals surface area contributed by atoms with Gasteiger partial charge in [-0.1, -0.05) is 26.0 Å². The molecular weight excluding hydrogens is 386 g/mol. The van der Waals surface area contributed by atoms with Crippen molar-refractivity contribution in [2.24, 2.45) is 11.8 Å². The minimum atomic E-state index is -0.875. The van der Waals surface area contributed by atoms with E-state index in [0.29, 0.717) is 49.8 Å². The molecule has 8 heteroatoms. The molecule has 0 spiro atoms. The van der Waals surface area contributed by atoms with Crippen LogP contribution in [0.5, 0.6) is 11.5 Å². The van der Waals surface area contributed by atoms with E-state index in [1.807, 2.05) is 18.2 Å². The molecule has 2 N–H and O–H groups in total. The van der Waals surface area contributed by atoms with Crippen molar-refractivity contribution in [2.75, 3.05) is 19.7 Å². The van der Waals surface area contributed by atoms with Crippen LogP contribution in [0.4, 0.5) is 4.79 Å². The van der Waals surface area contributed by atoms with Crippen LogP contribution in [-0.2, 0) is 9.59 Å². The molecule has 0 aromatic heterocycles. The highest BCUT2D eigenvalue weighted by Gasteiger charge is 2.52. The predicted octanol–water partition coefficient (Wildman–Crippen LogP) is 2.08. The van der Waals surface area contributed by atoms with Crippen LogP contribution >= 0.6 is 0 Å². The molecule has 3 aliphatic heterocycles. The highest BCUT2D eigenvalue weighted by atomic mass is 16.6. The Bertz CT molecular complexity index is 834. The van der Waals surface area contributed by atoms with Crippen molar-refractivity contribution in [2.45, 2.75) is 51.2 Å². The maximum absolute atomic E-state index is 13.0. The topological polar surface area (TPSA) is 97.0 Å². The summed E-state index contributed by atoms with van der Waals surface area (Å²) in [5, 5.41) is 5.33. The summed E-state index contributed by atoms with van der Waals surface area (Å²) in [5.41, 5.74) is -0.875. The zero-order chi connectivity index (χ0) is 21.3. The van der Waals surface area contributed by atoms with Gasteiger partial charge in [0, 0.05) is 13.1 Å². The number of fused-ring (bicyclic) bond motifs is 1. The summed E-state index contributed by atoms with van der Waals surface area (Å²) >= 11 is 0. The van der Waals surface area contributed by atoms with Gasteiger partial charge < -0.3 is 19.7 Å². The van der Waals surface area contributed by atoms with Crippen molar-refractivity contribution in [1.82, 2.24) is 15.5 Å². The molecule has 3 aliphatic rings. The van der Waals surface area contributed by atoms with E-state index in [1.54, 1.807) is 11.0 Å². The second-order valence-electron chi connectivity index (χ2n) is 8.78. The number of piperidine rings is 1. The van der Waals surface area contributed by atoms with Gasteiger partial charge in [-0.05, 0) is 49.7 Å². The number of carbonyl (C=O) groups excluding carboxylic acids is 3. The lowest BCUT2D eigenvalue weighted by Crippen LogP contribution is -2.57. The molecule has 2 unspecified atom stereocenters. The van der Waals surface area contributed by atoms with Crippen LogP contribution in [0, 0.1) is 11.8 Å². The number of nitrogens with zero attached hydrogens (tertiary/aromatic N) is 1. The summed E-state index contributed by atoms with van der Waals surface area (Å²) in [6.45, 7) is 5.45. The van der Waals surface area contributed by atoms with Crippen molar-refractivity contribution in [1.29, 1.82) is 0 Å². The first kappa shape index (κ1) is 20.5. The minimum Gasteiger partial charge on any atom is -0.485 e. The summed E-state index contributed by atoms with van der Waals surface area (Å²) < 4.78 is 11.5. The molecule has 2 atom stereocenters. The van der Waals surface area contributed by atoms with Crippen LogP contribution in [0.2, 0.25) is 0 Å². The fourth-order valence-corrected chi connectivity index (χ4v) is 4.63. The lowest BCUT2D eigenvalue weighted by atomic mass is 9.74. The van der Waals surface area contributed by atoms with E-state index < -0.39 is 17.7 Å². The number of imide groups is 1. The van der Waals surface area contributed by atoms with Crippen molar-refractivity contribution in [3.63, 3.8) is 0 Å². The molecule has 4 rings (SSSR count). The quantitative estimate of drug-likeness (QED) is 0.718. The van der Waals surface area contributed by atoms with Gasteiger partial charge in [0.25, 0.3) is 11.8 Å². The number of hydrogen-bond acceptors (Lipinski definition) is 5. The molecular formula is C22H29N3O5. The van der Waals surface area contributed by atoms with Gasteiger partial charge in [-0.25, -0.2) is 4.79 Å². The normalized spacial score (nSPS) is 26.5. The van der Waals surface area contributed by atoms with Crippen LogP contribution in [0.3, 0.4) is 0 Å². The van der Waals surface area contributed by atoms with Crippen molar-refractivity contribution >= 4 is 17.8 Å². The Labute approximate surface area is 176 Å². The number of benzene rings is 1. The SMILES string of the molecule is CC(C)CCC1(C2CCN(C(=O)C3COc4ccccc4O3)CC2)NC(=O)NC1=O. The fraction of sp³-hybridized carbons (Fsp3) is 0.591. The zero-order valence-electron chi connectivity index (χ0n) is 17.5. The molecule has 0 aliphatic carbocycles. The number of urea groups is 1. The lowest BCUT2D eigenvalue weighted by Gasteiger charge is -2.41. The Morgan fingerprint density at radius 1 is 1.20 bits per heavy atom. The number of ether oxygens (including phenoxy) is 2. The third kappa shape index (κ3) is 3.82. The number of rotatable bonds is 5. The van der Waals surface area contributed by atoms with Crippen molar-refractivity contribution in [3.8, 4) is 11.5 Å². The maximum atomic E-state index is 13.0. The largest absolute Gasteiger partial charge is 0.485 e. The van der Waals surface area contributed by atoms with E-state index in [0.717, 1.165) is 6.42 Å². The molecule has 4 amide bonds. The summed E-state index contributed by atoms with van der Waals surface area (Å²) in [4.78, 5) is 39.3. The Morgan fingerprint density at radius 2 is 1.90 bits per heavy atom. The van der Waals surface area contributed by atoms with Crippen LogP contribution in [0.25, 0.3) is 0 Å². The first-order valence-corrected chi connectivity index (χ1v) is 10.7. The standard InChI is InChI=1S/C22H29N3O5/c1-14(2)7-10-22(20(27)23-21(28)24-22)15-8-11-25(12-9-15)19(26)18-13-29-16-5-3-4-6-17(16)30-18/h3-6,14-15,18H,7-13H2,1-2H3,(H2,23,24,27,28). The second-order valence-corrected chi connectivity index (χ2v) is 8.78. The Kier molecular flexibility index (Phi) is 5.58. The van der Waals surface area contributed by atoms with Crippen LogP contribution < -0.4 is 20.1 Å². The third-order valence-corrected chi connectivity index (χ3v) is 6.37. The second kappa shape index (κ2) is 8.16. The molecule has 0 saturated carbocycles. The molecule has 0 radical (unpaired) electrons. The number of para-hydroxylation sites is 2.